The average molecular weight is 247 g/mol. The van der Waals surface area contributed by atoms with E-state index in [1.54, 1.807) is 25.1 Å². The lowest BCUT2D eigenvalue weighted by Gasteiger charge is -2.26. The van der Waals surface area contributed by atoms with Gasteiger partial charge in [-0.15, -0.1) is 0 Å². The lowest BCUT2D eigenvalue weighted by atomic mass is 10.1. The van der Waals surface area contributed by atoms with Crippen LogP contribution in [0.25, 0.3) is 0 Å². The highest BCUT2D eigenvalue weighted by atomic mass is 16.2. The predicted octanol–water partition coefficient (Wildman–Crippen LogP) is -0.324. The number of imide groups is 1. The third kappa shape index (κ3) is 2.17. The highest BCUT2D eigenvalue weighted by Crippen LogP contribution is 2.17. The Hall–Kier alpha value is -2.37. The van der Waals surface area contributed by atoms with E-state index in [1.165, 1.54) is 4.90 Å². The molecule has 3 N–H and O–H groups in total. The Bertz CT molecular complexity index is 523. The number of nitrogens with one attached hydrogen (secondary N) is 1. The molecule has 1 aromatic rings. The summed E-state index contributed by atoms with van der Waals surface area (Å²) in [5.74, 6) is -1.30. The molecule has 0 atom stereocenters. The fourth-order valence-electron chi connectivity index (χ4n) is 1.84. The van der Waals surface area contributed by atoms with Crippen molar-refractivity contribution in [1.82, 2.24) is 10.2 Å². The molecule has 1 aliphatic rings. The zero-order valence-electron chi connectivity index (χ0n) is 9.90. The second-order valence-electron chi connectivity index (χ2n) is 4.15. The van der Waals surface area contributed by atoms with E-state index < -0.39 is 11.8 Å². The van der Waals surface area contributed by atoms with Crippen LogP contribution >= 0.6 is 0 Å². The minimum absolute atomic E-state index is 0.112. The van der Waals surface area contributed by atoms with E-state index in [-0.39, 0.29) is 19.0 Å². The highest BCUT2D eigenvalue weighted by molar-refractivity contribution is 6.06. The molecule has 94 valence electrons. The van der Waals surface area contributed by atoms with E-state index in [9.17, 15) is 14.4 Å². The Kier molecular flexibility index (Phi) is 3.01. The molecule has 0 radical (unpaired) electrons. The van der Waals surface area contributed by atoms with Crippen LogP contribution in [0.1, 0.15) is 15.9 Å². The number of anilines is 1. The molecule has 1 saturated heterocycles. The molecule has 0 saturated carbocycles. The molecule has 0 unspecified atom stereocenters. The first-order valence-electron chi connectivity index (χ1n) is 5.46. The number of nitrogens with two attached hydrogens (primary N) is 1. The fraction of sp³-hybridized carbons (Fsp3) is 0.250. The topological polar surface area (TPSA) is 92.5 Å². The van der Waals surface area contributed by atoms with Crippen LogP contribution in [0.2, 0.25) is 0 Å². The number of rotatable bonds is 1. The lowest BCUT2D eigenvalue weighted by Crippen LogP contribution is -2.53. The van der Waals surface area contributed by atoms with Crippen molar-refractivity contribution in [2.45, 2.75) is 6.92 Å². The van der Waals surface area contributed by atoms with Crippen molar-refractivity contribution in [2.24, 2.45) is 0 Å². The lowest BCUT2D eigenvalue weighted by molar-refractivity contribution is -0.135. The van der Waals surface area contributed by atoms with Gasteiger partial charge in [0, 0.05) is 11.3 Å². The van der Waals surface area contributed by atoms with E-state index in [1.807, 2.05) is 0 Å². The van der Waals surface area contributed by atoms with Gasteiger partial charge in [-0.05, 0) is 24.6 Å². The summed E-state index contributed by atoms with van der Waals surface area (Å²) in [7, 11) is 0. The standard InChI is InChI=1S/C12H13N3O3/c1-7-8(3-2-4-9(7)13)12(18)15-5-10(16)14-11(17)6-15/h2-4H,5-6,13H2,1H3,(H,14,16,17). The molecule has 0 aliphatic carbocycles. The minimum atomic E-state index is -0.471. The van der Waals surface area contributed by atoms with Crippen LogP contribution in [0.5, 0.6) is 0 Å². The van der Waals surface area contributed by atoms with Gasteiger partial charge in [-0.3, -0.25) is 19.7 Å². The Morgan fingerprint density at radius 2 is 1.89 bits per heavy atom. The Balaban J connectivity index is 2.28. The number of amides is 3. The maximum absolute atomic E-state index is 12.2. The minimum Gasteiger partial charge on any atom is -0.398 e. The van der Waals surface area contributed by atoms with E-state index in [0.29, 0.717) is 16.8 Å². The second-order valence-corrected chi connectivity index (χ2v) is 4.15. The molecule has 1 fully saturated rings. The van der Waals surface area contributed by atoms with Gasteiger partial charge in [-0.1, -0.05) is 6.07 Å². The molecular weight excluding hydrogens is 234 g/mol. The van der Waals surface area contributed by atoms with Crippen molar-refractivity contribution in [2.75, 3.05) is 18.8 Å². The fourth-order valence-corrected chi connectivity index (χ4v) is 1.84. The SMILES string of the molecule is Cc1c(N)cccc1C(=O)N1CC(=O)NC(=O)C1. The number of nitrogen functional groups attached to an aromatic ring is 1. The van der Waals surface area contributed by atoms with E-state index in [4.69, 9.17) is 5.73 Å². The number of carbonyl (C=O) groups excluding carboxylic acids is 3. The zero-order valence-corrected chi connectivity index (χ0v) is 9.90. The smallest absolute Gasteiger partial charge is 0.255 e. The summed E-state index contributed by atoms with van der Waals surface area (Å²) in [5.41, 5.74) is 7.30. The first-order valence-corrected chi connectivity index (χ1v) is 5.46. The average Bonchev–Trinajstić information content (AvgIpc) is 2.30. The zero-order chi connectivity index (χ0) is 13.3. The maximum Gasteiger partial charge on any atom is 0.255 e. The second kappa shape index (κ2) is 4.48. The van der Waals surface area contributed by atoms with Crippen molar-refractivity contribution in [1.29, 1.82) is 0 Å². The summed E-state index contributed by atoms with van der Waals surface area (Å²) < 4.78 is 0. The van der Waals surface area contributed by atoms with Crippen molar-refractivity contribution in [3.63, 3.8) is 0 Å². The number of carbonyl (C=O) groups is 3. The molecule has 1 aromatic carbocycles. The van der Waals surface area contributed by atoms with Crippen LogP contribution in [0.4, 0.5) is 5.69 Å². The summed E-state index contributed by atoms with van der Waals surface area (Å²) in [6, 6.07) is 4.99. The van der Waals surface area contributed by atoms with Gasteiger partial charge >= 0.3 is 0 Å². The molecule has 6 nitrogen and oxygen atoms in total. The summed E-state index contributed by atoms with van der Waals surface area (Å²) in [5, 5.41) is 2.15. The third-order valence-electron chi connectivity index (χ3n) is 2.84. The number of nitrogens with zero attached hydrogens (tertiary/aromatic N) is 1. The van der Waals surface area contributed by atoms with Crippen LogP contribution in [-0.4, -0.2) is 35.7 Å². The van der Waals surface area contributed by atoms with E-state index in [0.717, 1.165) is 0 Å². The monoisotopic (exact) mass is 247 g/mol. The molecule has 1 heterocycles. The number of piperazine rings is 1. The van der Waals surface area contributed by atoms with Crippen molar-refractivity contribution in [3.8, 4) is 0 Å². The van der Waals surface area contributed by atoms with E-state index in [2.05, 4.69) is 5.32 Å². The first-order chi connectivity index (χ1) is 8.49. The molecule has 3 amide bonds. The normalized spacial score (nSPS) is 15.5. The van der Waals surface area contributed by atoms with Gasteiger partial charge in [0.1, 0.15) is 13.1 Å². The number of benzene rings is 1. The van der Waals surface area contributed by atoms with Crippen LogP contribution in [0, 0.1) is 6.92 Å². The van der Waals surface area contributed by atoms with Crippen molar-refractivity contribution >= 4 is 23.4 Å². The summed E-state index contributed by atoms with van der Waals surface area (Å²) >= 11 is 0. The van der Waals surface area contributed by atoms with Crippen molar-refractivity contribution in [3.05, 3.63) is 29.3 Å². The van der Waals surface area contributed by atoms with Crippen LogP contribution < -0.4 is 11.1 Å². The van der Waals surface area contributed by atoms with Gasteiger partial charge in [0.05, 0.1) is 0 Å². The first kappa shape index (κ1) is 12.1. The summed E-state index contributed by atoms with van der Waals surface area (Å²) in [4.78, 5) is 35.9. The Labute approximate surface area is 104 Å². The maximum atomic E-state index is 12.2. The predicted molar refractivity (Wildman–Crippen MR) is 64.6 cm³/mol. The largest absolute Gasteiger partial charge is 0.398 e. The molecule has 18 heavy (non-hydrogen) atoms. The molecular formula is C12H13N3O3. The van der Waals surface area contributed by atoms with Crippen LogP contribution in [0.15, 0.2) is 18.2 Å². The quantitative estimate of drug-likeness (QED) is 0.525. The van der Waals surface area contributed by atoms with Gasteiger partial charge in [0.25, 0.3) is 5.91 Å². The van der Waals surface area contributed by atoms with Gasteiger partial charge in [-0.2, -0.15) is 0 Å². The highest BCUT2D eigenvalue weighted by Gasteiger charge is 2.27. The van der Waals surface area contributed by atoms with Gasteiger partial charge in [0.2, 0.25) is 11.8 Å². The summed E-state index contributed by atoms with van der Waals surface area (Å²) in [6.07, 6.45) is 0. The van der Waals surface area contributed by atoms with Crippen LogP contribution in [0.3, 0.4) is 0 Å². The van der Waals surface area contributed by atoms with Crippen molar-refractivity contribution < 1.29 is 14.4 Å². The van der Waals surface area contributed by atoms with Crippen LogP contribution in [-0.2, 0) is 9.59 Å². The number of hydrogen-bond acceptors (Lipinski definition) is 4. The molecule has 2 rings (SSSR count). The Morgan fingerprint density at radius 1 is 1.28 bits per heavy atom. The molecule has 0 aromatic heterocycles. The van der Waals surface area contributed by atoms with Gasteiger partial charge < -0.3 is 10.6 Å². The summed E-state index contributed by atoms with van der Waals surface area (Å²) in [6.45, 7) is 1.51. The van der Waals surface area contributed by atoms with Gasteiger partial charge in [-0.25, -0.2) is 0 Å². The molecule has 6 heteroatoms. The Morgan fingerprint density at radius 3 is 2.50 bits per heavy atom. The van der Waals surface area contributed by atoms with E-state index >= 15 is 0 Å². The molecule has 0 spiro atoms. The van der Waals surface area contributed by atoms with Gasteiger partial charge in [0.15, 0.2) is 0 Å². The molecule has 0 bridgehead atoms. The third-order valence-corrected chi connectivity index (χ3v) is 2.84. The number of hydrogen-bond donors (Lipinski definition) is 2. The molecule has 1 aliphatic heterocycles.